The summed E-state index contributed by atoms with van der Waals surface area (Å²) in [5.41, 5.74) is 1.32. The number of carbonyl (C=O) groups is 3. The fraction of sp³-hybridized carbons (Fsp3) is 0.308. The number of fused-ring (bicyclic) bond motifs is 2. The summed E-state index contributed by atoms with van der Waals surface area (Å²) in [7, 11) is 0. The fourth-order valence-corrected chi connectivity index (χ4v) is 4.43. The van der Waals surface area contributed by atoms with Gasteiger partial charge in [-0.2, -0.15) is 0 Å². The Hall–Kier alpha value is -3.74. The highest BCUT2D eigenvalue weighted by Gasteiger charge is 2.54. The third-order valence-corrected chi connectivity index (χ3v) is 5.98. The number of rotatable bonds is 6. The standard InChI is InChI=1S/C26H26N2O5/c1-3-32-24(30)26(25(31)33-4-2)14-18-10-5-7-11-20(18)21(15-26)23(29)28-19-13-17-9-6-8-12-22(17)27-16-19/h5-13,16,21H,3-4,14-15H2,1-2H3,(H,28,29). The zero-order valence-corrected chi connectivity index (χ0v) is 18.7. The van der Waals surface area contributed by atoms with E-state index in [1.807, 2.05) is 54.6 Å². The van der Waals surface area contributed by atoms with Crippen molar-refractivity contribution in [3.63, 3.8) is 0 Å². The van der Waals surface area contributed by atoms with E-state index in [4.69, 9.17) is 9.47 Å². The second-order valence-electron chi connectivity index (χ2n) is 8.06. The summed E-state index contributed by atoms with van der Waals surface area (Å²) >= 11 is 0. The van der Waals surface area contributed by atoms with Crippen LogP contribution >= 0.6 is 0 Å². The average Bonchev–Trinajstić information content (AvgIpc) is 2.83. The van der Waals surface area contributed by atoms with E-state index in [1.165, 1.54) is 0 Å². The zero-order valence-electron chi connectivity index (χ0n) is 18.7. The number of nitrogens with one attached hydrogen (secondary N) is 1. The molecule has 170 valence electrons. The van der Waals surface area contributed by atoms with E-state index in [1.54, 1.807) is 20.0 Å². The predicted molar refractivity (Wildman–Crippen MR) is 124 cm³/mol. The first kappa shape index (κ1) is 22.5. The van der Waals surface area contributed by atoms with Crippen LogP contribution in [0.15, 0.2) is 60.8 Å². The highest BCUT2D eigenvalue weighted by atomic mass is 16.6. The summed E-state index contributed by atoms with van der Waals surface area (Å²) in [5, 5.41) is 3.81. The molecule has 7 heteroatoms. The summed E-state index contributed by atoms with van der Waals surface area (Å²) in [4.78, 5) is 44.0. The number of pyridine rings is 1. The second-order valence-corrected chi connectivity index (χ2v) is 8.06. The molecule has 1 aromatic heterocycles. The number of amides is 1. The fourth-order valence-electron chi connectivity index (χ4n) is 4.43. The lowest BCUT2D eigenvalue weighted by Crippen LogP contribution is -2.48. The third-order valence-electron chi connectivity index (χ3n) is 5.98. The van der Waals surface area contributed by atoms with Crippen molar-refractivity contribution in [3.8, 4) is 0 Å². The highest BCUT2D eigenvalue weighted by molar-refractivity contribution is 6.04. The van der Waals surface area contributed by atoms with Gasteiger partial charge in [0.05, 0.1) is 36.5 Å². The molecule has 0 saturated carbocycles. The van der Waals surface area contributed by atoms with Crippen LogP contribution in [-0.2, 0) is 30.3 Å². The Morgan fingerprint density at radius 2 is 1.67 bits per heavy atom. The molecular formula is C26H26N2O5. The molecule has 33 heavy (non-hydrogen) atoms. The van der Waals surface area contributed by atoms with Crippen molar-refractivity contribution >= 4 is 34.4 Å². The maximum Gasteiger partial charge on any atom is 0.323 e. The molecule has 1 heterocycles. The number of anilines is 1. The average molecular weight is 447 g/mol. The van der Waals surface area contributed by atoms with Gasteiger partial charge in [-0.1, -0.05) is 42.5 Å². The summed E-state index contributed by atoms with van der Waals surface area (Å²) in [6, 6.07) is 16.8. The van der Waals surface area contributed by atoms with Gasteiger partial charge < -0.3 is 14.8 Å². The van der Waals surface area contributed by atoms with Crippen molar-refractivity contribution in [1.29, 1.82) is 0 Å². The van der Waals surface area contributed by atoms with Gasteiger partial charge >= 0.3 is 11.9 Å². The number of benzene rings is 2. The van der Waals surface area contributed by atoms with Gasteiger partial charge in [-0.3, -0.25) is 19.4 Å². The molecule has 0 spiro atoms. The molecule has 7 nitrogen and oxygen atoms in total. The minimum absolute atomic E-state index is 0.0332. The van der Waals surface area contributed by atoms with Crippen LogP contribution < -0.4 is 5.32 Å². The van der Waals surface area contributed by atoms with Crippen molar-refractivity contribution in [1.82, 2.24) is 4.98 Å². The van der Waals surface area contributed by atoms with Crippen molar-refractivity contribution in [3.05, 3.63) is 71.9 Å². The lowest BCUT2D eigenvalue weighted by Gasteiger charge is -2.37. The van der Waals surface area contributed by atoms with Crippen molar-refractivity contribution in [2.75, 3.05) is 18.5 Å². The number of esters is 2. The summed E-state index contributed by atoms with van der Waals surface area (Å²) in [6.07, 6.45) is 1.69. The number of aromatic nitrogens is 1. The SMILES string of the molecule is CCOC(=O)C1(C(=O)OCC)Cc2ccccc2C(C(=O)Nc2cnc3ccccc3c2)C1. The van der Waals surface area contributed by atoms with Crippen LogP contribution in [0, 0.1) is 5.41 Å². The van der Waals surface area contributed by atoms with Crippen LogP contribution in [0.2, 0.25) is 0 Å². The molecule has 1 amide bonds. The van der Waals surface area contributed by atoms with E-state index in [0.29, 0.717) is 5.69 Å². The second kappa shape index (κ2) is 9.40. The van der Waals surface area contributed by atoms with Gasteiger partial charge in [-0.25, -0.2) is 0 Å². The summed E-state index contributed by atoms with van der Waals surface area (Å²) in [5.74, 6) is -2.39. The third kappa shape index (κ3) is 4.31. The lowest BCUT2D eigenvalue weighted by molar-refractivity contribution is -0.173. The smallest absolute Gasteiger partial charge is 0.323 e. The molecule has 1 unspecified atom stereocenters. The first-order chi connectivity index (χ1) is 16.0. The van der Waals surface area contributed by atoms with Gasteiger partial charge in [0.15, 0.2) is 5.41 Å². The molecule has 4 rings (SSSR count). The lowest BCUT2D eigenvalue weighted by atomic mass is 9.66. The Morgan fingerprint density at radius 3 is 2.39 bits per heavy atom. The van der Waals surface area contributed by atoms with E-state index >= 15 is 0 Å². The molecule has 2 aromatic carbocycles. The van der Waals surface area contributed by atoms with Crippen LogP contribution in [0.5, 0.6) is 0 Å². The number of carbonyl (C=O) groups excluding carboxylic acids is 3. The number of para-hydroxylation sites is 1. The van der Waals surface area contributed by atoms with Crippen molar-refractivity contribution < 1.29 is 23.9 Å². The first-order valence-electron chi connectivity index (χ1n) is 11.1. The Labute approximate surface area is 192 Å². The molecule has 0 radical (unpaired) electrons. The van der Waals surface area contributed by atoms with Crippen LogP contribution in [0.1, 0.15) is 37.3 Å². The number of hydrogen-bond donors (Lipinski definition) is 1. The van der Waals surface area contributed by atoms with E-state index in [9.17, 15) is 14.4 Å². The van der Waals surface area contributed by atoms with Crippen LogP contribution in [0.3, 0.4) is 0 Å². The maximum atomic E-state index is 13.5. The summed E-state index contributed by atoms with van der Waals surface area (Å²) in [6.45, 7) is 3.62. The van der Waals surface area contributed by atoms with Crippen LogP contribution in [-0.4, -0.2) is 36.0 Å². The number of nitrogens with zero attached hydrogens (tertiary/aromatic N) is 1. The molecule has 1 N–H and O–H groups in total. The monoisotopic (exact) mass is 446 g/mol. The van der Waals surface area contributed by atoms with Gasteiger partial charge in [0.1, 0.15) is 0 Å². The molecular weight excluding hydrogens is 420 g/mol. The molecule has 0 aliphatic heterocycles. The molecule has 0 fully saturated rings. The Morgan fingerprint density at radius 1 is 1.00 bits per heavy atom. The van der Waals surface area contributed by atoms with Gasteiger partial charge in [-0.15, -0.1) is 0 Å². The number of ether oxygens (including phenoxy) is 2. The van der Waals surface area contributed by atoms with E-state index in [-0.39, 0.29) is 32.0 Å². The van der Waals surface area contributed by atoms with E-state index in [0.717, 1.165) is 22.0 Å². The first-order valence-corrected chi connectivity index (χ1v) is 11.1. The van der Waals surface area contributed by atoms with E-state index in [2.05, 4.69) is 10.3 Å². The van der Waals surface area contributed by atoms with E-state index < -0.39 is 23.3 Å². The van der Waals surface area contributed by atoms with Crippen LogP contribution in [0.4, 0.5) is 5.69 Å². The highest BCUT2D eigenvalue weighted by Crippen LogP contribution is 2.45. The zero-order chi connectivity index (χ0) is 23.4. The Bertz CT molecular complexity index is 1190. The predicted octanol–water partition coefficient (Wildman–Crippen LogP) is 4.02. The van der Waals surface area contributed by atoms with Crippen molar-refractivity contribution in [2.24, 2.45) is 5.41 Å². The minimum Gasteiger partial charge on any atom is -0.465 e. The largest absolute Gasteiger partial charge is 0.465 e. The Kier molecular flexibility index (Phi) is 6.40. The van der Waals surface area contributed by atoms with Gasteiger partial charge in [0.2, 0.25) is 5.91 Å². The molecule has 0 bridgehead atoms. The minimum atomic E-state index is -1.58. The quantitative estimate of drug-likeness (QED) is 0.454. The molecule has 1 aliphatic rings. The van der Waals surface area contributed by atoms with Gasteiger partial charge in [0.25, 0.3) is 0 Å². The van der Waals surface area contributed by atoms with Gasteiger partial charge in [0, 0.05) is 5.39 Å². The Balaban J connectivity index is 1.71. The normalized spacial score (nSPS) is 16.5. The summed E-state index contributed by atoms with van der Waals surface area (Å²) < 4.78 is 10.6. The maximum absolute atomic E-state index is 13.5. The topological polar surface area (TPSA) is 94.6 Å². The molecule has 3 aromatic rings. The van der Waals surface area contributed by atoms with Crippen LogP contribution in [0.25, 0.3) is 10.9 Å². The van der Waals surface area contributed by atoms with Crippen molar-refractivity contribution in [2.45, 2.75) is 32.6 Å². The molecule has 1 atom stereocenters. The molecule has 1 aliphatic carbocycles. The molecule has 0 saturated heterocycles. The number of hydrogen-bond acceptors (Lipinski definition) is 6. The van der Waals surface area contributed by atoms with Gasteiger partial charge in [-0.05, 0) is 49.9 Å².